The number of amides is 2. The number of anilines is 2. The van der Waals surface area contributed by atoms with Crippen LogP contribution in [0, 0.1) is 5.26 Å². The number of hydrogen-bond donors (Lipinski definition) is 4. The van der Waals surface area contributed by atoms with Crippen LogP contribution in [0.4, 0.5) is 28.9 Å². The molecule has 1 unspecified atom stereocenters. The molecule has 1 atom stereocenters. The number of thiazole rings is 1. The Bertz CT molecular complexity index is 1830. The third-order valence-corrected chi connectivity index (χ3v) is 7.02. The Morgan fingerprint density at radius 1 is 0.977 bits per heavy atom. The molecule has 0 aliphatic carbocycles. The molecule has 0 spiro atoms. The van der Waals surface area contributed by atoms with Crippen molar-refractivity contribution in [2.24, 2.45) is 0 Å². The summed E-state index contributed by atoms with van der Waals surface area (Å²) < 4.78 is 61.0. The highest BCUT2D eigenvalue weighted by atomic mass is 32.1. The van der Waals surface area contributed by atoms with Crippen LogP contribution in [0.5, 0.6) is 11.5 Å². The number of ether oxygens (including phenoxy) is 1. The summed E-state index contributed by atoms with van der Waals surface area (Å²) in [6, 6.07) is 15.9. The van der Waals surface area contributed by atoms with E-state index in [9.17, 15) is 32.3 Å². The molecule has 14 heteroatoms. The number of nitrogens with zero attached hydrogens (tertiary/aromatic N) is 2. The minimum absolute atomic E-state index is 0.0156. The van der Waals surface area contributed by atoms with Crippen LogP contribution in [0.25, 0.3) is 10.8 Å². The topological polar surface area (TPSA) is 125 Å². The minimum atomic E-state index is -4.85. The van der Waals surface area contributed by atoms with Crippen LogP contribution in [0.2, 0.25) is 0 Å². The van der Waals surface area contributed by atoms with Crippen molar-refractivity contribution in [2.75, 3.05) is 17.7 Å². The molecule has 2 amide bonds. The second kappa shape index (κ2) is 12.0. The number of carbonyl (C=O) groups excluding carboxylic acids is 2. The van der Waals surface area contributed by atoms with Crippen LogP contribution in [-0.2, 0) is 6.18 Å². The lowest BCUT2D eigenvalue weighted by Crippen LogP contribution is -2.18. The highest BCUT2D eigenvalue weighted by molar-refractivity contribution is 7.10. The molecule has 220 valence electrons. The van der Waals surface area contributed by atoms with E-state index in [4.69, 9.17) is 4.74 Å². The molecule has 43 heavy (non-hydrogen) atoms. The number of alkyl halides is 3. The largest absolute Gasteiger partial charge is 0.457 e. The van der Waals surface area contributed by atoms with Gasteiger partial charge in [0, 0.05) is 47.8 Å². The number of aliphatic hydroxyl groups excluding tert-OH is 1. The zero-order valence-corrected chi connectivity index (χ0v) is 22.9. The third kappa shape index (κ3) is 6.55. The van der Waals surface area contributed by atoms with E-state index >= 15 is 0 Å². The minimum Gasteiger partial charge on any atom is -0.457 e. The van der Waals surface area contributed by atoms with Gasteiger partial charge in [0.1, 0.15) is 17.2 Å². The van der Waals surface area contributed by atoms with Gasteiger partial charge in [-0.3, -0.25) is 14.6 Å². The molecule has 4 N–H and O–H groups in total. The van der Waals surface area contributed by atoms with E-state index in [1.165, 1.54) is 31.4 Å². The monoisotopic (exact) mass is 611 g/mol. The summed E-state index contributed by atoms with van der Waals surface area (Å²) in [4.78, 5) is 32.5. The SMILES string of the molecule is CNC(=O)c1cc(Oc2cccc3c(C(=O)Nc4ccc(NC(O)c5cnc(F)s5)c(C(F)(F)F)c4)cccc23)ccn1. The summed E-state index contributed by atoms with van der Waals surface area (Å²) in [7, 11) is 1.47. The van der Waals surface area contributed by atoms with Gasteiger partial charge in [-0.1, -0.05) is 35.6 Å². The van der Waals surface area contributed by atoms with Gasteiger partial charge < -0.3 is 25.8 Å². The Morgan fingerprint density at radius 2 is 1.74 bits per heavy atom. The van der Waals surface area contributed by atoms with E-state index in [2.05, 4.69) is 25.9 Å². The number of benzene rings is 3. The zero-order valence-electron chi connectivity index (χ0n) is 22.1. The fourth-order valence-corrected chi connectivity index (χ4v) is 4.79. The van der Waals surface area contributed by atoms with Crippen molar-refractivity contribution in [1.29, 1.82) is 0 Å². The second-order valence-electron chi connectivity index (χ2n) is 8.99. The first-order valence-corrected chi connectivity index (χ1v) is 13.3. The normalized spacial score (nSPS) is 12.0. The molecule has 0 fully saturated rings. The Hall–Kier alpha value is -5.08. The first kappa shape index (κ1) is 29.4. The van der Waals surface area contributed by atoms with E-state index in [-0.39, 0.29) is 21.8 Å². The van der Waals surface area contributed by atoms with Crippen molar-refractivity contribution in [1.82, 2.24) is 15.3 Å². The lowest BCUT2D eigenvalue weighted by atomic mass is 10.0. The van der Waals surface area contributed by atoms with Crippen LogP contribution in [0.3, 0.4) is 0 Å². The number of aliphatic hydroxyl groups is 1. The van der Waals surface area contributed by atoms with Gasteiger partial charge in [-0.15, -0.1) is 0 Å². The number of halogens is 4. The highest BCUT2D eigenvalue weighted by Gasteiger charge is 2.34. The molecule has 0 bridgehead atoms. The molecule has 0 aliphatic heterocycles. The highest BCUT2D eigenvalue weighted by Crippen LogP contribution is 2.38. The molecular weight excluding hydrogens is 590 g/mol. The summed E-state index contributed by atoms with van der Waals surface area (Å²) in [5.41, 5.74) is -1.47. The Kier molecular flexibility index (Phi) is 8.23. The summed E-state index contributed by atoms with van der Waals surface area (Å²) in [6.07, 6.45) is -4.06. The number of carbonyl (C=O) groups is 2. The van der Waals surface area contributed by atoms with E-state index in [0.29, 0.717) is 33.6 Å². The number of aromatic nitrogens is 2. The average molecular weight is 612 g/mol. The van der Waals surface area contributed by atoms with Crippen LogP contribution >= 0.6 is 11.3 Å². The lowest BCUT2D eigenvalue weighted by molar-refractivity contribution is -0.137. The van der Waals surface area contributed by atoms with Gasteiger partial charge >= 0.3 is 6.18 Å². The van der Waals surface area contributed by atoms with E-state index in [1.54, 1.807) is 36.4 Å². The number of pyridine rings is 1. The Labute approximate surface area is 245 Å². The van der Waals surface area contributed by atoms with Gasteiger partial charge in [0.25, 0.3) is 17.1 Å². The standard InChI is InChI=1S/C29H21F4N5O4S/c1-34-26(40)22-13-16(10-11-35-22)42-23-7-3-4-17-18(23)5-2-6-19(17)25(39)37-15-8-9-21(20(12-15)29(31,32)33)38-27(41)24-14-36-28(30)43-24/h2-14,27,38,41H,1H3,(H,34,40)(H,37,39). The maximum atomic E-state index is 13.9. The zero-order chi connectivity index (χ0) is 30.7. The van der Waals surface area contributed by atoms with Gasteiger partial charge in [0.2, 0.25) is 0 Å². The Morgan fingerprint density at radius 3 is 2.47 bits per heavy atom. The van der Waals surface area contributed by atoms with Gasteiger partial charge in [0.05, 0.1) is 10.4 Å². The van der Waals surface area contributed by atoms with Crippen molar-refractivity contribution in [3.63, 3.8) is 0 Å². The molecule has 5 aromatic rings. The van der Waals surface area contributed by atoms with Crippen molar-refractivity contribution in [3.05, 3.63) is 106 Å². The number of hydrogen-bond acceptors (Lipinski definition) is 8. The predicted octanol–water partition coefficient (Wildman–Crippen LogP) is 6.36. The molecule has 0 aliphatic rings. The molecule has 2 heterocycles. The van der Waals surface area contributed by atoms with Crippen LogP contribution in [0.15, 0.2) is 79.1 Å². The van der Waals surface area contributed by atoms with Crippen molar-refractivity contribution >= 4 is 45.3 Å². The van der Waals surface area contributed by atoms with Gasteiger partial charge in [-0.2, -0.15) is 17.6 Å². The van der Waals surface area contributed by atoms with Crippen LogP contribution in [0.1, 0.15) is 37.5 Å². The number of rotatable bonds is 8. The van der Waals surface area contributed by atoms with Crippen LogP contribution in [-0.4, -0.2) is 33.9 Å². The Balaban J connectivity index is 1.41. The summed E-state index contributed by atoms with van der Waals surface area (Å²) in [5.74, 6) is -0.376. The summed E-state index contributed by atoms with van der Waals surface area (Å²) in [5, 5.41) is 17.7. The first-order chi connectivity index (χ1) is 20.5. The average Bonchev–Trinajstić information content (AvgIpc) is 3.43. The smallest absolute Gasteiger partial charge is 0.418 e. The number of fused-ring (bicyclic) bond motifs is 1. The predicted molar refractivity (Wildman–Crippen MR) is 152 cm³/mol. The summed E-state index contributed by atoms with van der Waals surface area (Å²) in [6.45, 7) is 0. The van der Waals surface area contributed by atoms with Gasteiger partial charge in [-0.25, -0.2) is 4.98 Å². The first-order valence-electron chi connectivity index (χ1n) is 12.5. The maximum Gasteiger partial charge on any atom is 0.418 e. The number of nitrogens with one attached hydrogen (secondary N) is 3. The van der Waals surface area contributed by atoms with Gasteiger partial charge in [0.15, 0.2) is 6.23 Å². The quantitative estimate of drug-likeness (QED) is 0.119. The van der Waals surface area contributed by atoms with Crippen molar-refractivity contribution in [2.45, 2.75) is 12.4 Å². The molecule has 0 radical (unpaired) electrons. The summed E-state index contributed by atoms with van der Waals surface area (Å²) >= 11 is 0.486. The molecule has 3 aromatic carbocycles. The fraction of sp³-hybridized carbons (Fsp3) is 0.103. The van der Waals surface area contributed by atoms with E-state index in [1.807, 2.05) is 0 Å². The van der Waals surface area contributed by atoms with Crippen molar-refractivity contribution in [3.8, 4) is 11.5 Å². The van der Waals surface area contributed by atoms with Crippen LogP contribution < -0.4 is 20.7 Å². The molecule has 2 aromatic heterocycles. The van der Waals surface area contributed by atoms with E-state index in [0.717, 1.165) is 18.3 Å². The van der Waals surface area contributed by atoms with Crippen molar-refractivity contribution < 1.29 is 37.0 Å². The fourth-order valence-electron chi connectivity index (χ4n) is 4.21. The van der Waals surface area contributed by atoms with Gasteiger partial charge in [-0.05, 0) is 41.8 Å². The second-order valence-corrected chi connectivity index (χ2v) is 10.0. The molecule has 9 nitrogen and oxygen atoms in total. The molecule has 5 rings (SSSR count). The lowest BCUT2D eigenvalue weighted by Gasteiger charge is -2.19. The van der Waals surface area contributed by atoms with E-state index < -0.39 is 40.7 Å². The third-order valence-electron chi connectivity index (χ3n) is 6.19. The molecule has 0 saturated carbocycles. The molecular formula is C29H21F4N5O4S. The molecule has 0 saturated heterocycles. The maximum absolute atomic E-state index is 13.9.